The Bertz CT molecular complexity index is 1280. The molecule has 4 rings (SSSR count). The molecule has 2 aromatic carbocycles. The average Bonchev–Trinajstić information content (AvgIpc) is 2.73. The van der Waals surface area contributed by atoms with Gasteiger partial charge < -0.3 is 0 Å². The Morgan fingerprint density at radius 2 is 1.75 bits per heavy atom. The zero-order valence-electron chi connectivity index (χ0n) is 14.6. The van der Waals surface area contributed by atoms with Crippen molar-refractivity contribution in [3.8, 4) is 5.69 Å². The quantitative estimate of drug-likeness (QED) is 0.384. The second kappa shape index (κ2) is 7.58. The zero-order valence-corrected chi connectivity index (χ0v) is 15.4. The van der Waals surface area contributed by atoms with E-state index in [1.807, 2.05) is 12.1 Å². The van der Waals surface area contributed by atoms with E-state index in [1.165, 1.54) is 4.57 Å². The first-order valence-electron chi connectivity index (χ1n) is 8.53. The minimum Gasteiger partial charge on any atom is -0.298 e. The van der Waals surface area contributed by atoms with Crippen LogP contribution in [0.1, 0.15) is 21.7 Å². The summed E-state index contributed by atoms with van der Waals surface area (Å²) in [6.45, 7) is 0. The molecule has 0 atom stereocenters. The number of aromatic nitrogens is 3. The summed E-state index contributed by atoms with van der Waals surface area (Å²) in [7, 11) is 0. The van der Waals surface area contributed by atoms with Crippen molar-refractivity contribution in [1.82, 2.24) is 14.5 Å². The lowest BCUT2D eigenvalue weighted by atomic mass is 10.1. The van der Waals surface area contributed by atoms with Gasteiger partial charge in [-0.1, -0.05) is 48.0 Å². The molecular weight excluding hydrogens is 374 g/mol. The van der Waals surface area contributed by atoms with E-state index in [1.54, 1.807) is 66.9 Å². The van der Waals surface area contributed by atoms with Crippen molar-refractivity contribution in [2.75, 3.05) is 0 Å². The van der Waals surface area contributed by atoms with Gasteiger partial charge in [-0.3, -0.25) is 14.2 Å². The Morgan fingerprint density at radius 3 is 2.57 bits per heavy atom. The number of nitrogens with zero attached hydrogens (tertiary/aromatic N) is 3. The molecule has 0 saturated heterocycles. The fourth-order valence-corrected chi connectivity index (χ4v) is 3.15. The molecule has 2 heterocycles. The van der Waals surface area contributed by atoms with Crippen molar-refractivity contribution < 1.29 is 4.79 Å². The SMILES string of the molecule is O=Cc1cccc(C=Cc2nc3ccccc3c(=O)n2-c2cccnc2Cl)c1. The van der Waals surface area contributed by atoms with E-state index in [0.717, 1.165) is 11.8 Å². The van der Waals surface area contributed by atoms with Gasteiger partial charge in [-0.05, 0) is 42.0 Å². The number of fused-ring (bicyclic) bond motifs is 1. The van der Waals surface area contributed by atoms with Crippen molar-refractivity contribution in [2.45, 2.75) is 0 Å². The Balaban J connectivity index is 1.95. The summed E-state index contributed by atoms with van der Waals surface area (Å²) in [6.07, 6.45) is 5.87. The number of benzene rings is 2. The van der Waals surface area contributed by atoms with E-state index < -0.39 is 0 Å². The molecule has 4 aromatic rings. The van der Waals surface area contributed by atoms with E-state index in [-0.39, 0.29) is 10.7 Å². The van der Waals surface area contributed by atoms with E-state index in [0.29, 0.717) is 28.0 Å². The summed E-state index contributed by atoms with van der Waals surface area (Å²) in [4.78, 5) is 32.9. The molecule has 136 valence electrons. The van der Waals surface area contributed by atoms with Crippen LogP contribution in [0.15, 0.2) is 71.7 Å². The number of hydrogen-bond acceptors (Lipinski definition) is 4. The maximum atomic E-state index is 13.2. The van der Waals surface area contributed by atoms with Gasteiger partial charge in [-0.2, -0.15) is 0 Å². The van der Waals surface area contributed by atoms with Gasteiger partial charge in [0.15, 0.2) is 5.15 Å². The number of aldehydes is 1. The van der Waals surface area contributed by atoms with Gasteiger partial charge in [-0.15, -0.1) is 0 Å². The molecule has 0 aliphatic rings. The summed E-state index contributed by atoms with van der Waals surface area (Å²) in [5.41, 5.74) is 2.19. The van der Waals surface area contributed by atoms with Crippen molar-refractivity contribution in [1.29, 1.82) is 0 Å². The van der Waals surface area contributed by atoms with Crippen LogP contribution in [0.4, 0.5) is 0 Å². The van der Waals surface area contributed by atoms with Gasteiger partial charge in [-0.25, -0.2) is 9.97 Å². The highest BCUT2D eigenvalue weighted by atomic mass is 35.5. The molecule has 0 bridgehead atoms. The van der Waals surface area contributed by atoms with Crippen LogP contribution >= 0.6 is 11.6 Å². The molecule has 0 saturated carbocycles. The highest BCUT2D eigenvalue weighted by molar-refractivity contribution is 6.31. The molecule has 0 spiro atoms. The molecule has 0 unspecified atom stereocenters. The number of para-hydroxylation sites is 1. The van der Waals surface area contributed by atoms with Crippen molar-refractivity contribution in [2.24, 2.45) is 0 Å². The molecule has 0 N–H and O–H groups in total. The third-order valence-electron chi connectivity index (χ3n) is 4.25. The lowest BCUT2D eigenvalue weighted by molar-refractivity contribution is 0.112. The first-order valence-corrected chi connectivity index (χ1v) is 8.91. The summed E-state index contributed by atoms with van der Waals surface area (Å²) < 4.78 is 1.44. The maximum absolute atomic E-state index is 13.2. The van der Waals surface area contributed by atoms with Gasteiger partial charge in [0.05, 0.1) is 16.6 Å². The Morgan fingerprint density at radius 1 is 0.929 bits per heavy atom. The largest absolute Gasteiger partial charge is 0.298 e. The van der Waals surface area contributed by atoms with Crippen LogP contribution in [-0.2, 0) is 0 Å². The second-order valence-electron chi connectivity index (χ2n) is 6.06. The Hall–Kier alpha value is -3.57. The van der Waals surface area contributed by atoms with Gasteiger partial charge >= 0.3 is 0 Å². The number of carbonyl (C=O) groups excluding carboxylic acids is 1. The van der Waals surface area contributed by atoms with Crippen molar-refractivity contribution in [3.63, 3.8) is 0 Å². The third kappa shape index (κ3) is 3.35. The van der Waals surface area contributed by atoms with Crippen LogP contribution in [0.5, 0.6) is 0 Å². The van der Waals surface area contributed by atoms with E-state index in [9.17, 15) is 9.59 Å². The monoisotopic (exact) mass is 387 g/mol. The van der Waals surface area contributed by atoms with Crippen LogP contribution in [0, 0.1) is 0 Å². The molecule has 2 aromatic heterocycles. The topological polar surface area (TPSA) is 64.8 Å². The second-order valence-corrected chi connectivity index (χ2v) is 6.42. The van der Waals surface area contributed by atoms with Crippen LogP contribution in [-0.4, -0.2) is 20.8 Å². The maximum Gasteiger partial charge on any atom is 0.266 e. The molecule has 0 aliphatic heterocycles. The summed E-state index contributed by atoms with van der Waals surface area (Å²) >= 11 is 6.25. The van der Waals surface area contributed by atoms with Crippen molar-refractivity contribution >= 4 is 40.9 Å². The predicted octanol–water partition coefficient (Wildman–Crippen LogP) is 4.42. The highest BCUT2D eigenvalue weighted by Crippen LogP contribution is 2.20. The smallest absolute Gasteiger partial charge is 0.266 e. The van der Waals surface area contributed by atoms with Gasteiger partial charge in [0.25, 0.3) is 5.56 Å². The number of halogens is 1. The van der Waals surface area contributed by atoms with Gasteiger partial charge in [0.1, 0.15) is 12.1 Å². The minimum absolute atomic E-state index is 0.208. The normalized spacial score (nSPS) is 11.2. The summed E-state index contributed by atoms with van der Waals surface area (Å²) in [5.74, 6) is 0.412. The van der Waals surface area contributed by atoms with Crippen LogP contribution in [0.2, 0.25) is 5.15 Å². The molecule has 5 nitrogen and oxygen atoms in total. The van der Waals surface area contributed by atoms with E-state index >= 15 is 0 Å². The molecule has 28 heavy (non-hydrogen) atoms. The van der Waals surface area contributed by atoms with Gasteiger partial charge in [0.2, 0.25) is 0 Å². The third-order valence-corrected chi connectivity index (χ3v) is 4.54. The molecule has 0 amide bonds. The molecule has 0 aliphatic carbocycles. The Labute approximate surface area is 165 Å². The van der Waals surface area contributed by atoms with Crippen LogP contribution in [0.3, 0.4) is 0 Å². The fourth-order valence-electron chi connectivity index (χ4n) is 2.95. The number of pyridine rings is 1. The highest BCUT2D eigenvalue weighted by Gasteiger charge is 2.13. The first-order chi connectivity index (χ1) is 13.7. The lowest BCUT2D eigenvalue weighted by Crippen LogP contribution is -2.22. The number of hydrogen-bond donors (Lipinski definition) is 0. The molecule has 0 fully saturated rings. The number of rotatable bonds is 4. The van der Waals surface area contributed by atoms with Crippen LogP contribution < -0.4 is 5.56 Å². The summed E-state index contributed by atoms with van der Waals surface area (Å²) in [5, 5.41) is 0.696. The molecule has 0 radical (unpaired) electrons. The zero-order chi connectivity index (χ0) is 19.5. The minimum atomic E-state index is -0.234. The lowest BCUT2D eigenvalue weighted by Gasteiger charge is -2.12. The fraction of sp³-hybridized carbons (Fsp3) is 0. The van der Waals surface area contributed by atoms with E-state index in [2.05, 4.69) is 9.97 Å². The van der Waals surface area contributed by atoms with E-state index in [4.69, 9.17) is 11.6 Å². The standard InChI is InChI=1S/C22H14ClN3O2/c23-21-19(9-4-12-24-21)26-20(11-10-15-5-3-6-16(13-15)14-27)25-18-8-2-1-7-17(18)22(26)28/h1-14H. The summed E-state index contributed by atoms with van der Waals surface area (Å²) in [6, 6.07) is 17.7. The predicted molar refractivity (Wildman–Crippen MR) is 111 cm³/mol. The van der Waals surface area contributed by atoms with Crippen molar-refractivity contribution in [3.05, 3.63) is 99.3 Å². The first kappa shape index (κ1) is 17.8. The number of carbonyl (C=O) groups is 1. The molecule has 6 heteroatoms. The average molecular weight is 388 g/mol. The van der Waals surface area contributed by atoms with Crippen LogP contribution in [0.25, 0.3) is 28.7 Å². The Kier molecular flexibility index (Phi) is 4.83. The molecular formula is C22H14ClN3O2. The van der Waals surface area contributed by atoms with Gasteiger partial charge in [0, 0.05) is 11.8 Å².